The van der Waals surface area contributed by atoms with Gasteiger partial charge in [-0.1, -0.05) is 0 Å². The summed E-state index contributed by atoms with van der Waals surface area (Å²) in [5.74, 6) is -2.99. The van der Waals surface area contributed by atoms with Crippen molar-refractivity contribution in [1.29, 1.82) is 0 Å². The monoisotopic (exact) mass is 215 g/mol. The Labute approximate surface area is 76.5 Å². The summed E-state index contributed by atoms with van der Waals surface area (Å²) in [4.78, 5) is 20.4. The molecule has 0 aliphatic carbocycles. The number of hydrogen-bond acceptors (Lipinski definition) is 3. The van der Waals surface area contributed by atoms with Gasteiger partial charge in [-0.15, -0.1) is 0 Å². The van der Waals surface area contributed by atoms with Crippen LogP contribution in [0, 0.1) is 0 Å². The van der Waals surface area contributed by atoms with Crippen molar-refractivity contribution < 1.29 is 33.0 Å². The van der Waals surface area contributed by atoms with Crippen LogP contribution in [0.4, 0.5) is 13.2 Å². The zero-order valence-corrected chi connectivity index (χ0v) is 6.84. The normalized spacial score (nSPS) is 13.4. The second kappa shape index (κ2) is 4.80. The van der Waals surface area contributed by atoms with E-state index in [0.717, 1.165) is 0 Å². The number of halogens is 3. The lowest BCUT2D eigenvalue weighted by Crippen LogP contribution is -2.38. The third-order valence-corrected chi connectivity index (χ3v) is 1.14. The molecule has 0 rings (SSSR count). The maximum Gasteiger partial charge on any atom is 0.397 e. The van der Waals surface area contributed by atoms with Crippen LogP contribution in [0.2, 0.25) is 0 Å². The molecule has 0 saturated heterocycles. The molecule has 1 atom stereocenters. The van der Waals surface area contributed by atoms with Crippen molar-refractivity contribution in [3.63, 3.8) is 0 Å². The Bertz CT molecular complexity index is 228. The van der Waals surface area contributed by atoms with Crippen molar-refractivity contribution >= 4 is 11.9 Å². The van der Waals surface area contributed by atoms with Crippen LogP contribution in [-0.4, -0.2) is 40.9 Å². The van der Waals surface area contributed by atoms with E-state index in [9.17, 15) is 22.8 Å². The van der Waals surface area contributed by atoms with E-state index in [-0.39, 0.29) is 0 Å². The first-order valence-corrected chi connectivity index (χ1v) is 3.46. The fraction of sp³-hybridized carbons (Fsp3) is 0.667. The number of carboxylic acids is 1. The highest BCUT2D eigenvalue weighted by Gasteiger charge is 2.31. The van der Waals surface area contributed by atoms with Crippen molar-refractivity contribution in [2.24, 2.45) is 0 Å². The quantitative estimate of drug-likeness (QED) is 0.590. The zero-order valence-electron chi connectivity index (χ0n) is 6.84. The Morgan fingerprint density at radius 3 is 2.21 bits per heavy atom. The van der Waals surface area contributed by atoms with Crippen LogP contribution in [0.1, 0.15) is 6.42 Å². The lowest BCUT2D eigenvalue weighted by Gasteiger charge is -2.09. The number of carbonyl (C=O) groups is 2. The van der Waals surface area contributed by atoms with Gasteiger partial charge in [0, 0.05) is 0 Å². The molecule has 0 saturated carbocycles. The number of carboxylic acid groups (broad SMARTS) is 1. The van der Waals surface area contributed by atoms with E-state index in [1.807, 2.05) is 0 Å². The second-order valence-electron chi connectivity index (χ2n) is 2.45. The Morgan fingerprint density at radius 1 is 1.36 bits per heavy atom. The molecule has 14 heavy (non-hydrogen) atoms. The first kappa shape index (κ1) is 12.7. The number of nitrogens with one attached hydrogen (secondary N) is 1. The molecule has 0 heterocycles. The highest BCUT2D eigenvalue weighted by Crippen LogP contribution is 2.18. The maximum absolute atomic E-state index is 11.5. The smallest absolute Gasteiger partial charge is 0.397 e. The van der Waals surface area contributed by atoms with E-state index in [1.165, 1.54) is 0 Å². The number of aliphatic carboxylic acids is 1. The molecule has 0 spiro atoms. The van der Waals surface area contributed by atoms with E-state index in [4.69, 9.17) is 10.2 Å². The molecule has 0 bridgehead atoms. The number of hydrogen-bond donors (Lipinski definition) is 3. The zero-order chi connectivity index (χ0) is 11.4. The Morgan fingerprint density at radius 2 is 1.86 bits per heavy atom. The predicted octanol–water partition coefficient (Wildman–Crippen LogP) is -0.500. The number of alkyl halides is 3. The van der Waals surface area contributed by atoms with Crippen LogP contribution in [0.25, 0.3) is 0 Å². The molecule has 3 N–H and O–H groups in total. The molecule has 1 unspecified atom stereocenters. The minimum atomic E-state index is -4.64. The van der Waals surface area contributed by atoms with Gasteiger partial charge >= 0.3 is 12.1 Å². The summed E-state index contributed by atoms with van der Waals surface area (Å²) < 4.78 is 34.6. The lowest BCUT2D eigenvalue weighted by atomic mass is 10.3. The Hall–Kier alpha value is -1.31. The highest BCUT2D eigenvalue weighted by atomic mass is 19.4. The van der Waals surface area contributed by atoms with Crippen LogP contribution in [0.15, 0.2) is 0 Å². The predicted molar refractivity (Wildman–Crippen MR) is 37.3 cm³/mol. The summed E-state index contributed by atoms with van der Waals surface area (Å²) in [7, 11) is 0. The lowest BCUT2D eigenvalue weighted by molar-refractivity contribution is -0.154. The van der Waals surface area contributed by atoms with Crippen LogP contribution < -0.4 is 5.32 Å². The fourth-order valence-corrected chi connectivity index (χ4v) is 0.542. The Kier molecular flexibility index (Phi) is 4.35. The fourth-order valence-electron chi connectivity index (χ4n) is 0.542. The first-order valence-electron chi connectivity index (χ1n) is 3.46. The summed E-state index contributed by atoms with van der Waals surface area (Å²) in [6.07, 6.45) is -8.23. The molecule has 0 radical (unpaired) electrons. The van der Waals surface area contributed by atoms with Gasteiger partial charge < -0.3 is 15.5 Å². The Balaban J connectivity index is 3.81. The summed E-state index contributed by atoms with van der Waals surface area (Å²) in [5, 5.41) is 18.3. The number of aliphatic hydroxyl groups is 1. The van der Waals surface area contributed by atoms with Crippen molar-refractivity contribution in [1.82, 2.24) is 5.32 Å². The van der Waals surface area contributed by atoms with E-state index >= 15 is 0 Å². The minimum Gasteiger partial charge on any atom is -0.479 e. The van der Waals surface area contributed by atoms with Crippen molar-refractivity contribution in [3.8, 4) is 0 Å². The van der Waals surface area contributed by atoms with Crippen molar-refractivity contribution in [2.75, 3.05) is 6.54 Å². The minimum absolute atomic E-state index is 0.746. The van der Waals surface area contributed by atoms with Crippen LogP contribution >= 0.6 is 0 Å². The number of amides is 1. The van der Waals surface area contributed by atoms with Gasteiger partial charge in [-0.3, -0.25) is 4.79 Å². The van der Waals surface area contributed by atoms with E-state index < -0.39 is 37.1 Å². The molecule has 0 aromatic carbocycles. The molecular weight excluding hydrogens is 207 g/mol. The molecule has 0 aromatic rings. The summed E-state index contributed by atoms with van der Waals surface area (Å²) in [6, 6.07) is 0. The van der Waals surface area contributed by atoms with Crippen LogP contribution in [0.5, 0.6) is 0 Å². The molecule has 1 amide bonds. The van der Waals surface area contributed by atoms with E-state index in [1.54, 1.807) is 5.32 Å². The highest BCUT2D eigenvalue weighted by molar-refractivity contribution is 5.78. The average Bonchev–Trinajstić information content (AvgIpc) is 1.96. The summed E-state index contributed by atoms with van der Waals surface area (Å²) in [5.41, 5.74) is 0. The molecule has 0 aromatic heterocycles. The molecule has 5 nitrogen and oxygen atoms in total. The van der Waals surface area contributed by atoms with Gasteiger partial charge in [0.15, 0.2) is 6.10 Å². The molecular formula is C6H8F3NO4. The molecule has 82 valence electrons. The molecule has 0 fully saturated rings. The standard InChI is InChI=1S/C6H8F3NO4/c7-6(8,9)1-4(12)10-2-3(11)5(13)14/h3,11H,1-2H2,(H,10,12)(H,13,14). The number of rotatable bonds is 4. The van der Waals surface area contributed by atoms with Gasteiger partial charge in [-0.25, -0.2) is 4.79 Å². The van der Waals surface area contributed by atoms with Crippen molar-refractivity contribution in [2.45, 2.75) is 18.7 Å². The van der Waals surface area contributed by atoms with Gasteiger partial charge in [0.2, 0.25) is 5.91 Å². The third kappa shape index (κ3) is 6.23. The first-order chi connectivity index (χ1) is 6.22. The van der Waals surface area contributed by atoms with E-state index in [2.05, 4.69) is 0 Å². The van der Waals surface area contributed by atoms with Gasteiger partial charge in [0.1, 0.15) is 6.42 Å². The van der Waals surface area contributed by atoms with Gasteiger partial charge in [0.05, 0.1) is 6.54 Å². The van der Waals surface area contributed by atoms with Gasteiger partial charge in [-0.2, -0.15) is 13.2 Å². The maximum atomic E-state index is 11.5. The number of aliphatic hydroxyl groups excluding tert-OH is 1. The topological polar surface area (TPSA) is 86.6 Å². The third-order valence-electron chi connectivity index (χ3n) is 1.14. The average molecular weight is 215 g/mol. The molecule has 8 heteroatoms. The van der Waals surface area contributed by atoms with Crippen LogP contribution in [-0.2, 0) is 9.59 Å². The molecule has 0 aliphatic heterocycles. The van der Waals surface area contributed by atoms with Gasteiger partial charge in [-0.05, 0) is 0 Å². The largest absolute Gasteiger partial charge is 0.479 e. The second-order valence-corrected chi connectivity index (χ2v) is 2.45. The van der Waals surface area contributed by atoms with Crippen LogP contribution in [0.3, 0.4) is 0 Å². The summed E-state index contributed by atoms with van der Waals surface area (Å²) >= 11 is 0. The van der Waals surface area contributed by atoms with E-state index in [0.29, 0.717) is 0 Å². The van der Waals surface area contributed by atoms with Crippen molar-refractivity contribution in [3.05, 3.63) is 0 Å². The summed E-state index contributed by atoms with van der Waals surface area (Å²) in [6.45, 7) is -0.746. The molecule has 0 aliphatic rings. The number of carbonyl (C=O) groups excluding carboxylic acids is 1. The van der Waals surface area contributed by atoms with Gasteiger partial charge in [0.25, 0.3) is 0 Å². The SMILES string of the molecule is O=C(CC(F)(F)F)NCC(O)C(=O)O.